The average Bonchev–Trinajstić information content (AvgIpc) is 2.73. The highest BCUT2D eigenvalue weighted by atomic mass is 16.5. The molecule has 2 heterocycles. The van der Waals surface area contributed by atoms with Crippen LogP contribution in [0.1, 0.15) is 28.8 Å². The summed E-state index contributed by atoms with van der Waals surface area (Å²) in [5.41, 5.74) is 3.04. The smallest absolute Gasteiger partial charge is 0.167 e. The lowest BCUT2D eigenvalue weighted by Gasteiger charge is -2.32. The van der Waals surface area contributed by atoms with Crippen LogP contribution in [0.3, 0.4) is 0 Å². The molecule has 1 saturated heterocycles. The fourth-order valence-corrected chi connectivity index (χ4v) is 3.91. The lowest BCUT2D eigenvalue weighted by molar-refractivity contribution is 0.0811. The minimum absolute atomic E-state index is 0.0491. The highest BCUT2D eigenvalue weighted by Crippen LogP contribution is 2.24. The number of piperidine rings is 1. The number of methoxy groups -OCH3 is 1. The Hall–Kier alpha value is -2.72. The van der Waals surface area contributed by atoms with Gasteiger partial charge < -0.3 is 4.74 Å². The minimum Gasteiger partial charge on any atom is -0.497 e. The number of carbonyl (C=O) groups excluding carboxylic acids is 1. The molecule has 0 spiro atoms. The van der Waals surface area contributed by atoms with Gasteiger partial charge in [-0.25, -0.2) is 0 Å². The van der Waals surface area contributed by atoms with Crippen molar-refractivity contribution in [3.05, 3.63) is 71.9 Å². The topological polar surface area (TPSA) is 42.4 Å². The van der Waals surface area contributed by atoms with Crippen LogP contribution in [0, 0.1) is 5.92 Å². The second kappa shape index (κ2) is 7.89. The molecule has 1 aromatic heterocycles. The third-order valence-corrected chi connectivity index (χ3v) is 5.30. The maximum absolute atomic E-state index is 13.0. The molecule has 1 atom stereocenters. The van der Waals surface area contributed by atoms with E-state index in [1.54, 1.807) is 7.11 Å². The van der Waals surface area contributed by atoms with Crippen LogP contribution < -0.4 is 4.74 Å². The van der Waals surface area contributed by atoms with Crippen LogP contribution in [0.4, 0.5) is 0 Å². The molecule has 0 aliphatic carbocycles. The average molecular weight is 360 g/mol. The highest BCUT2D eigenvalue weighted by molar-refractivity contribution is 5.98. The van der Waals surface area contributed by atoms with Gasteiger partial charge in [0.1, 0.15) is 5.75 Å². The highest BCUT2D eigenvalue weighted by Gasteiger charge is 2.26. The molecular formula is C23H24N2O2. The first-order chi connectivity index (χ1) is 13.2. The molecule has 27 heavy (non-hydrogen) atoms. The van der Waals surface area contributed by atoms with E-state index in [0.29, 0.717) is 0 Å². The molecule has 0 saturated carbocycles. The maximum atomic E-state index is 13.0. The number of carbonyl (C=O) groups is 1. The van der Waals surface area contributed by atoms with Crippen molar-refractivity contribution < 1.29 is 9.53 Å². The molecular weight excluding hydrogens is 336 g/mol. The summed E-state index contributed by atoms with van der Waals surface area (Å²) in [6.07, 6.45) is 3.82. The van der Waals surface area contributed by atoms with Crippen molar-refractivity contribution in [2.75, 3.05) is 20.2 Å². The number of nitrogens with zero attached hydrogens (tertiary/aromatic N) is 2. The lowest BCUT2D eigenvalue weighted by atomic mass is 9.89. The van der Waals surface area contributed by atoms with E-state index in [2.05, 4.69) is 34.1 Å². The third kappa shape index (κ3) is 4.01. The summed E-state index contributed by atoms with van der Waals surface area (Å²) in [4.78, 5) is 19.7. The van der Waals surface area contributed by atoms with Gasteiger partial charge in [0.15, 0.2) is 5.78 Å². The Morgan fingerprint density at radius 3 is 3.00 bits per heavy atom. The van der Waals surface area contributed by atoms with Gasteiger partial charge in [-0.2, -0.15) is 0 Å². The Labute approximate surface area is 159 Å². The van der Waals surface area contributed by atoms with Crippen LogP contribution in [0.25, 0.3) is 10.9 Å². The van der Waals surface area contributed by atoms with Gasteiger partial charge in [0.2, 0.25) is 0 Å². The number of pyridine rings is 1. The fraction of sp³-hybridized carbons (Fsp3) is 0.304. The van der Waals surface area contributed by atoms with Gasteiger partial charge >= 0.3 is 0 Å². The number of ether oxygens (including phenoxy) is 1. The Kier molecular flexibility index (Phi) is 5.16. The molecule has 2 aromatic carbocycles. The largest absolute Gasteiger partial charge is 0.497 e. The molecule has 0 radical (unpaired) electrons. The predicted octanol–water partition coefficient (Wildman–Crippen LogP) is 4.34. The summed E-state index contributed by atoms with van der Waals surface area (Å²) in [6.45, 7) is 2.71. The Morgan fingerprint density at radius 2 is 2.11 bits per heavy atom. The number of hydrogen-bond acceptors (Lipinski definition) is 4. The number of benzene rings is 2. The second-order valence-corrected chi connectivity index (χ2v) is 7.20. The van der Waals surface area contributed by atoms with E-state index in [1.165, 1.54) is 5.56 Å². The van der Waals surface area contributed by atoms with Crippen LogP contribution in [0.5, 0.6) is 5.75 Å². The number of Topliss-reactive ketones (excluding diaryl/α,β-unsaturated/α-hetero) is 1. The fourth-order valence-electron chi connectivity index (χ4n) is 3.91. The van der Waals surface area contributed by atoms with E-state index in [1.807, 2.05) is 36.5 Å². The summed E-state index contributed by atoms with van der Waals surface area (Å²) < 4.78 is 5.26. The van der Waals surface area contributed by atoms with E-state index in [4.69, 9.17) is 4.74 Å². The van der Waals surface area contributed by atoms with E-state index in [-0.39, 0.29) is 11.7 Å². The van der Waals surface area contributed by atoms with Gasteiger partial charge in [-0.3, -0.25) is 14.7 Å². The van der Waals surface area contributed by atoms with Crippen molar-refractivity contribution in [3.8, 4) is 5.75 Å². The maximum Gasteiger partial charge on any atom is 0.167 e. The van der Waals surface area contributed by atoms with E-state index in [9.17, 15) is 4.79 Å². The molecule has 4 nitrogen and oxygen atoms in total. The van der Waals surface area contributed by atoms with Crippen molar-refractivity contribution in [2.45, 2.75) is 19.4 Å². The number of ketones is 1. The molecule has 0 bridgehead atoms. The van der Waals surface area contributed by atoms with Crippen LogP contribution in [-0.4, -0.2) is 35.9 Å². The predicted molar refractivity (Wildman–Crippen MR) is 107 cm³/mol. The minimum atomic E-state index is 0.0491. The van der Waals surface area contributed by atoms with Crippen molar-refractivity contribution in [1.29, 1.82) is 0 Å². The Morgan fingerprint density at radius 1 is 1.19 bits per heavy atom. The Balaban J connectivity index is 1.46. The molecule has 0 unspecified atom stereocenters. The van der Waals surface area contributed by atoms with Gasteiger partial charge in [-0.15, -0.1) is 0 Å². The zero-order chi connectivity index (χ0) is 18.6. The summed E-state index contributed by atoms with van der Waals surface area (Å²) in [6, 6.07) is 18.0. The Bertz CT molecular complexity index is 954. The molecule has 0 N–H and O–H groups in total. The van der Waals surface area contributed by atoms with Crippen molar-refractivity contribution in [3.63, 3.8) is 0 Å². The monoisotopic (exact) mass is 360 g/mol. The normalized spacial score (nSPS) is 17.7. The van der Waals surface area contributed by atoms with E-state index >= 15 is 0 Å². The first-order valence-electron chi connectivity index (χ1n) is 9.47. The molecule has 0 amide bonds. The zero-order valence-electron chi connectivity index (χ0n) is 15.6. The van der Waals surface area contributed by atoms with E-state index in [0.717, 1.165) is 54.7 Å². The number of aromatic nitrogens is 1. The molecule has 4 rings (SSSR count). The number of hydrogen-bond donors (Lipinski definition) is 0. The van der Waals surface area contributed by atoms with Crippen molar-refractivity contribution in [2.24, 2.45) is 5.92 Å². The molecule has 1 fully saturated rings. The number of rotatable bonds is 5. The van der Waals surface area contributed by atoms with Gasteiger partial charge in [0.05, 0.1) is 12.6 Å². The molecule has 1 aliphatic heterocycles. The van der Waals surface area contributed by atoms with Gasteiger partial charge in [-0.1, -0.05) is 24.3 Å². The van der Waals surface area contributed by atoms with Crippen molar-refractivity contribution >= 4 is 16.7 Å². The standard InChI is InChI=1S/C23H24N2O2/c1-27-21-8-2-5-19(14-21)23(26)20-7-4-12-25(16-20)15-17-9-10-22-18(13-17)6-3-11-24-22/h2-3,5-6,8-11,13-14,20H,4,7,12,15-16H2,1H3/t20-/m1/s1. The van der Waals surface area contributed by atoms with E-state index < -0.39 is 0 Å². The summed E-state index contributed by atoms with van der Waals surface area (Å²) >= 11 is 0. The molecule has 4 heteroatoms. The van der Waals surface area contributed by atoms with Crippen LogP contribution in [-0.2, 0) is 6.54 Å². The number of fused-ring (bicyclic) bond motifs is 1. The molecule has 1 aliphatic rings. The zero-order valence-corrected chi connectivity index (χ0v) is 15.6. The molecule has 138 valence electrons. The first-order valence-corrected chi connectivity index (χ1v) is 9.47. The molecule has 3 aromatic rings. The van der Waals surface area contributed by atoms with Crippen LogP contribution in [0.15, 0.2) is 60.8 Å². The van der Waals surface area contributed by atoms with Gasteiger partial charge in [-0.05, 0) is 55.3 Å². The van der Waals surface area contributed by atoms with Gasteiger partial charge in [0, 0.05) is 36.2 Å². The van der Waals surface area contributed by atoms with Crippen molar-refractivity contribution in [1.82, 2.24) is 9.88 Å². The van der Waals surface area contributed by atoms with Crippen LogP contribution >= 0.6 is 0 Å². The SMILES string of the molecule is COc1cccc(C(=O)[C@@H]2CCCN(Cc3ccc4ncccc4c3)C2)c1. The number of likely N-dealkylation sites (tertiary alicyclic amines) is 1. The summed E-state index contributed by atoms with van der Waals surface area (Å²) in [5.74, 6) is 1.01. The summed E-state index contributed by atoms with van der Waals surface area (Å²) in [7, 11) is 1.63. The first kappa shape index (κ1) is 17.7. The van der Waals surface area contributed by atoms with Gasteiger partial charge in [0.25, 0.3) is 0 Å². The summed E-state index contributed by atoms with van der Waals surface area (Å²) in [5, 5.41) is 1.16. The lowest BCUT2D eigenvalue weighted by Crippen LogP contribution is -2.38. The third-order valence-electron chi connectivity index (χ3n) is 5.30. The second-order valence-electron chi connectivity index (χ2n) is 7.20. The quantitative estimate of drug-likeness (QED) is 0.635. The van der Waals surface area contributed by atoms with Crippen LogP contribution in [0.2, 0.25) is 0 Å².